The summed E-state index contributed by atoms with van der Waals surface area (Å²) < 4.78 is 0. The molecule has 4 atom stereocenters. The van der Waals surface area contributed by atoms with Crippen LogP contribution in [0, 0.1) is 28.7 Å². The molecule has 0 spiro atoms. The van der Waals surface area contributed by atoms with Gasteiger partial charge in [-0.2, -0.15) is 0 Å². The first-order chi connectivity index (χ1) is 10.2. The molecule has 0 aliphatic heterocycles. The third-order valence-corrected chi connectivity index (χ3v) is 6.64. The van der Waals surface area contributed by atoms with Crippen molar-refractivity contribution in [1.82, 2.24) is 0 Å². The van der Waals surface area contributed by atoms with Gasteiger partial charge in [0, 0.05) is 16.2 Å². The van der Waals surface area contributed by atoms with Crippen LogP contribution in [0.25, 0.3) is 4.85 Å². The number of fused-ring (bicyclic) bond motifs is 3. The van der Waals surface area contributed by atoms with Gasteiger partial charge in [0.15, 0.2) is 5.78 Å². The molecular formula is C19H25NO2. The fourth-order valence-electron chi connectivity index (χ4n) is 5.39. The Morgan fingerprint density at radius 3 is 2.59 bits per heavy atom. The summed E-state index contributed by atoms with van der Waals surface area (Å²) in [6, 6.07) is 0. The van der Waals surface area contributed by atoms with Crippen LogP contribution in [0.5, 0.6) is 0 Å². The molecule has 0 saturated heterocycles. The molecule has 1 N–H and O–H groups in total. The van der Waals surface area contributed by atoms with Crippen molar-refractivity contribution in [3.63, 3.8) is 0 Å². The van der Waals surface area contributed by atoms with E-state index in [0.717, 1.165) is 25.7 Å². The fourth-order valence-corrected chi connectivity index (χ4v) is 5.39. The van der Waals surface area contributed by atoms with Crippen LogP contribution in [0.15, 0.2) is 23.4 Å². The van der Waals surface area contributed by atoms with Crippen LogP contribution < -0.4 is 0 Å². The zero-order valence-corrected chi connectivity index (χ0v) is 13.9. The quantitative estimate of drug-likeness (QED) is 0.544. The van der Waals surface area contributed by atoms with Crippen molar-refractivity contribution < 1.29 is 9.90 Å². The Morgan fingerprint density at radius 2 is 1.95 bits per heavy atom. The van der Waals surface area contributed by atoms with Crippen LogP contribution in [0.3, 0.4) is 0 Å². The van der Waals surface area contributed by atoms with Gasteiger partial charge < -0.3 is 9.90 Å². The highest BCUT2D eigenvalue weighted by Gasteiger charge is 2.59. The van der Waals surface area contributed by atoms with Crippen molar-refractivity contribution in [2.24, 2.45) is 22.2 Å². The number of hydrogen-bond donors (Lipinski definition) is 1. The van der Waals surface area contributed by atoms with Crippen molar-refractivity contribution in [2.75, 3.05) is 0 Å². The summed E-state index contributed by atoms with van der Waals surface area (Å²) in [6.07, 6.45) is 7.37. The molecule has 0 aromatic carbocycles. The van der Waals surface area contributed by atoms with Crippen molar-refractivity contribution in [2.45, 2.75) is 59.5 Å². The molecule has 3 nitrogen and oxygen atoms in total. The molecule has 0 unspecified atom stereocenters. The van der Waals surface area contributed by atoms with Crippen molar-refractivity contribution >= 4 is 5.78 Å². The number of carbonyl (C=O) groups is 1. The van der Waals surface area contributed by atoms with Crippen LogP contribution in [0.2, 0.25) is 0 Å². The Balaban J connectivity index is 2.22. The Kier molecular flexibility index (Phi) is 3.21. The molecular weight excluding hydrogens is 274 g/mol. The van der Waals surface area contributed by atoms with Gasteiger partial charge in [0.05, 0.1) is 12.7 Å². The smallest absolute Gasteiger partial charge is 0.226 e. The Bertz CT molecular complexity index is 636. The first-order valence-corrected chi connectivity index (χ1v) is 8.22. The second kappa shape index (κ2) is 4.55. The van der Waals surface area contributed by atoms with Crippen molar-refractivity contribution in [3.05, 3.63) is 34.8 Å². The number of carbonyl (C=O) groups excluding carboxylic acids is 1. The van der Waals surface area contributed by atoms with E-state index in [-0.39, 0.29) is 34.3 Å². The number of allylic oxidation sites excluding steroid dienone is 3. The maximum absolute atomic E-state index is 12.6. The Hall–Kier alpha value is -1.40. The highest BCUT2D eigenvalue weighted by Crippen LogP contribution is 2.64. The van der Waals surface area contributed by atoms with Crippen LogP contribution in [-0.2, 0) is 4.79 Å². The molecule has 118 valence electrons. The predicted molar refractivity (Wildman–Crippen MR) is 85.7 cm³/mol. The SMILES string of the molecule is [C-]#[N+]C1=C[C@]2(C)C3=CCC[C@@H](O)[C@]3(C)CC[C@H]2C(C)(C)C1=O. The predicted octanol–water partition coefficient (Wildman–Crippen LogP) is 3.90. The summed E-state index contributed by atoms with van der Waals surface area (Å²) in [6.45, 7) is 15.7. The fraction of sp³-hybridized carbons (Fsp3) is 0.684. The summed E-state index contributed by atoms with van der Waals surface area (Å²) in [4.78, 5) is 16.1. The topological polar surface area (TPSA) is 41.7 Å². The lowest BCUT2D eigenvalue weighted by Crippen LogP contribution is -2.55. The van der Waals surface area contributed by atoms with E-state index in [9.17, 15) is 9.90 Å². The van der Waals surface area contributed by atoms with Gasteiger partial charge in [0.2, 0.25) is 5.70 Å². The Morgan fingerprint density at radius 1 is 1.27 bits per heavy atom. The molecule has 0 aromatic heterocycles. The molecule has 3 heteroatoms. The lowest BCUT2D eigenvalue weighted by atomic mass is 9.45. The number of hydrogen-bond acceptors (Lipinski definition) is 2. The van der Waals surface area contributed by atoms with Crippen LogP contribution in [0.4, 0.5) is 0 Å². The van der Waals surface area contributed by atoms with Gasteiger partial charge in [-0.3, -0.25) is 0 Å². The minimum absolute atomic E-state index is 0.0227. The average molecular weight is 299 g/mol. The minimum Gasteiger partial charge on any atom is -0.392 e. The van der Waals surface area contributed by atoms with E-state index in [0.29, 0.717) is 0 Å². The molecule has 0 aromatic rings. The molecule has 0 bridgehead atoms. The second-order valence-electron chi connectivity index (χ2n) is 8.19. The minimum atomic E-state index is -0.520. The molecule has 22 heavy (non-hydrogen) atoms. The maximum atomic E-state index is 12.6. The average Bonchev–Trinajstić information content (AvgIpc) is 2.45. The van der Waals surface area contributed by atoms with E-state index in [1.807, 2.05) is 19.9 Å². The van der Waals surface area contributed by atoms with Gasteiger partial charge in [0.1, 0.15) is 0 Å². The second-order valence-corrected chi connectivity index (χ2v) is 8.19. The number of Topliss-reactive ketones (excluding diaryl/α,β-unsaturated/α-hetero) is 1. The van der Waals surface area contributed by atoms with E-state index in [1.165, 1.54) is 5.57 Å². The first-order valence-electron chi connectivity index (χ1n) is 8.22. The zero-order valence-electron chi connectivity index (χ0n) is 13.9. The summed E-state index contributed by atoms with van der Waals surface area (Å²) >= 11 is 0. The molecule has 0 heterocycles. The summed E-state index contributed by atoms with van der Waals surface area (Å²) in [5.41, 5.74) is 0.481. The van der Waals surface area contributed by atoms with Gasteiger partial charge in [-0.25, -0.2) is 4.85 Å². The lowest BCUT2D eigenvalue weighted by molar-refractivity contribution is -0.131. The highest BCUT2D eigenvalue weighted by molar-refractivity contribution is 6.02. The van der Waals surface area contributed by atoms with Crippen LogP contribution >= 0.6 is 0 Å². The first kappa shape index (κ1) is 15.5. The summed E-state index contributed by atoms with van der Waals surface area (Å²) in [7, 11) is 0. The van der Waals surface area contributed by atoms with E-state index >= 15 is 0 Å². The van der Waals surface area contributed by atoms with Crippen LogP contribution in [0.1, 0.15) is 53.4 Å². The third kappa shape index (κ3) is 1.74. The van der Waals surface area contributed by atoms with Crippen LogP contribution in [-0.4, -0.2) is 17.0 Å². The number of aliphatic hydroxyl groups is 1. The highest BCUT2D eigenvalue weighted by atomic mass is 16.3. The normalized spacial score (nSPS) is 43.4. The van der Waals surface area contributed by atoms with E-state index in [2.05, 4.69) is 24.8 Å². The molecule has 3 aliphatic rings. The summed E-state index contributed by atoms with van der Waals surface area (Å²) in [5.74, 6) is 0.174. The van der Waals surface area contributed by atoms with Gasteiger partial charge in [-0.1, -0.05) is 45.4 Å². The molecule has 0 radical (unpaired) electrons. The lowest BCUT2D eigenvalue weighted by Gasteiger charge is -2.59. The van der Waals surface area contributed by atoms with Gasteiger partial charge >= 0.3 is 0 Å². The van der Waals surface area contributed by atoms with E-state index < -0.39 is 5.41 Å². The number of ketones is 1. The number of rotatable bonds is 0. The van der Waals surface area contributed by atoms with E-state index in [4.69, 9.17) is 6.57 Å². The van der Waals surface area contributed by atoms with E-state index in [1.54, 1.807) is 0 Å². The van der Waals surface area contributed by atoms with Gasteiger partial charge in [-0.15, -0.1) is 0 Å². The monoisotopic (exact) mass is 299 g/mol. The zero-order chi connectivity index (χ0) is 16.3. The standard InChI is InChI=1S/C19H25NO2/c1-17(2)13-9-10-18(3)14(7-6-8-15(18)21)19(13,4)11-12(20-5)16(17)22/h7,11,13,15,21H,6,8-10H2,1-4H3/t13-,15+,18+,19-/m0/s1. The Labute approximate surface area is 132 Å². The summed E-state index contributed by atoms with van der Waals surface area (Å²) in [5, 5.41) is 10.6. The maximum Gasteiger partial charge on any atom is 0.226 e. The van der Waals surface area contributed by atoms with Gasteiger partial charge in [-0.05, 0) is 31.6 Å². The van der Waals surface area contributed by atoms with Gasteiger partial charge in [0.25, 0.3) is 0 Å². The largest absolute Gasteiger partial charge is 0.392 e. The molecule has 3 aliphatic carbocycles. The van der Waals surface area contributed by atoms with Crippen molar-refractivity contribution in [1.29, 1.82) is 0 Å². The van der Waals surface area contributed by atoms with Crippen molar-refractivity contribution in [3.8, 4) is 0 Å². The third-order valence-electron chi connectivity index (χ3n) is 6.64. The number of aliphatic hydroxyl groups excluding tert-OH is 1. The number of nitrogens with zero attached hydrogens (tertiary/aromatic N) is 1. The molecule has 0 amide bonds. The molecule has 1 fully saturated rings. The molecule has 1 saturated carbocycles. The molecule has 3 rings (SSSR count).